The Hall–Kier alpha value is -4.70. The largest absolute Gasteiger partial charge is 0.370 e. The maximum atomic E-state index is 13.2. The molecule has 42 heavy (non-hydrogen) atoms. The smallest absolute Gasteiger partial charge is 0.243 e. The molecule has 0 saturated carbocycles. The van der Waals surface area contributed by atoms with Gasteiger partial charge in [-0.05, 0) is 41.8 Å². The van der Waals surface area contributed by atoms with Crippen molar-refractivity contribution in [3.8, 4) is 0 Å². The van der Waals surface area contributed by atoms with Crippen LogP contribution in [0.1, 0.15) is 39.9 Å². The third kappa shape index (κ3) is 9.17. The van der Waals surface area contributed by atoms with Crippen molar-refractivity contribution < 1.29 is 19.2 Å². The van der Waals surface area contributed by atoms with E-state index in [0.717, 1.165) is 16.7 Å². The van der Waals surface area contributed by atoms with Gasteiger partial charge in [-0.1, -0.05) is 66.2 Å². The normalized spacial score (nSPS) is 13.5. The zero-order valence-corrected chi connectivity index (χ0v) is 24.4. The van der Waals surface area contributed by atoms with E-state index >= 15 is 0 Å². The Morgan fingerprint density at radius 3 is 2.24 bits per heavy atom. The molecule has 0 aliphatic carbocycles. The van der Waals surface area contributed by atoms with Gasteiger partial charge in [-0.25, -0.2) is 0 Å². The van der Waals surface area contributed by atoms with Crippen molar-refractivity contribution in [2.75, 3.05) is 18.9 Å². The van der Waals surface area contributed by atoms with E-state index in [9.17, 15) is 19.2 Å². The van der Waals surface area contributed by atoms with E-state index in [2.05, 4.69) is 15.6 Å². The number of hydrogen-bond donors (Lipinski definition) is 4. The predicted octanol–water partition coefficient (Wildman–Crippen LogP) is 3.21. The molecule has 1 unspecified atom stereocenters. The van der Waals surface area contributed by atoms with E-state index in [4.69, 9.17) is 23.1 Å². The van der Waals surface area contributed by atoms with Gasteiger partial charge in [0, 0.05) is 49.1 Å². The molecule has 10 nitrogen and oxygen atoms in total. The average molecular weight is 591 g/mol. The molecule has 0 saturated heterocycles. The second-order valence-electron chi connectivity index (χ2n) is 9.68. The number of benzene rings is 3. The number of aliphatic imine (C=N–C) groups is 1. The molecule has 1 aliphatic rings. The Morgan fingerprint density at radius 1 is 0.952 bits per heavy atom. The van der Waals surface area contributed by atoms with Crippen LogP contribution in [0.4, 0.5) is 5.69 Å². The molecule has 220 valence electrons. The number of Topliss-reactive ketones (excluding diaryl/α,β-unsaturated/α-hetero) is 1. The lowest BCUT2D eigenvalue weighted by Gasteiger charge is -2.36. The number of hydrogen-bond acceptors (Lipinski definition) is 5. The van der Waals surface area contributed by atoms with E-state index in [1.165, 1.54) is 11.9 Å². The fourth-order valence-electron chi connectivity index (χ4n) is 4.36. The van der Waals surface area contributed by atoms with Gasteiger partial charge in [0.1, 0.15) is 6.04 Å². The number of rotatable bonds is 8. The summed E-state index contributed by atoms with van der Waals surface area (Å²) in [4.78, 5) is 56.2. The SMILES string of the molecule is CN=C(N)N.Cc1cc(NC(=O)CNC(=O)C2Cc3ccccc3CN2C(=O)CCC(=O)c2ccccc2)ccc1Cl. The van der Waals surface area contributed by atoms with Gasteiger partial charge in [-0.2, -0.15) is 0 Å². The minimum absolute atomic E-state index is 0.00389. The van der Waals surface area contributed by atoms with Crippen LogP contribution < -0.4 is 22.1 Å². The van der Waals surface area contributed by atoms with Crippen molar-refractivity contribution >= 4 is 46.8 Å². The Bertz CT molecular complexity index is 1460. The molecule has 1 aliphatic heterocycles. The molecule has 0 spiro atoms. The maximum Gasteiger partial charge on any atom is 0.243 e. The Labute approximate surface area is 250 Å². The monoisotopic (exact) mass is 590 g/mol. The molecular weight excluding hydrogens is 556 g/mol. The Kier molecular flexibility index (Phi) is 11.6. The van der Waals surface area contributed by atoms with Crippen LogP contribution in [-0.2, 0) is 27.3 Å². The molecule has 4 rings (SSSR count). The lowest BCUT2D eigenvalue weighted by molar-refractivity contribution is -0.142. The lowest BCUT2D eigenvalue weighted by atomic mass is 9.93. The molecule has 6 N–H and O–H groups in total. The second-order valence-corrected chi connectivity index (χ2v) is 10.1. The summed E-state index contributed by atoms with van der Waals surface area (Å²) in [7, 11) is 1.54. The van der Waals surface area contributed by atoms with Gasteiger partial charge in [-0.15, -0.1) is 0 Å². The first-order valence-corrected chi connectivity index (χ1v) is 13.7. The number of nitrogens with one attached hydrogen (secondary N) is 2. The molecule has 0 bridgehead atoms. The highest BCUT2D eigenvalue weighted by Crippen LogP contribution is 2.25. The molecule has 3 amide bonds. The molecule has 1 atom stereocenters. The van der Waals surface area contributed by atoms with Crippen molar-refractivity contribution in [3.63, 3.8) is 0 Å². The van der Waals surface area contributed by atoms with Crippen molar-refractivity contribution in [3.05, 3.63) is 100 Å². The zero-order valence-electron chi connectivity index (χ0n) is 23.6. The number of anilines is 1. The minimum Gasteiger partial charge on any atom is -0.370 e. The minimum atomic E-state index is -0.778. The van der Waals surface area contributed by atoms with Gasteiger partial charge < -0.3 is 27.0 Å². The van der Waals surface area contributed by atoms with Gasteiger partial charge in [-0.3, -0.25) is 24.2 Å². The highest BCUT2D eigenvalue weighted by Gasteiger charge is 2.34. The summed E-state index contributed by atoms with van der Waals surface area (Å²) in [5.41, 5.74) is 13.5. The van der Waals surface area contributed by atoms with Gasteiger partial charge in [0.2, 0.25) is 17.7 Å². The Balaban J connectivity index is 0.000000892. The molecule has 3 aromatic carbocycles. The summed E-state index contributed by atoms with van der Waals surface area (Å²) in [6.07, 6.45) is 0.382. The number of ketones is 1. The van der Waals surface area contributed by atoms with Crippen molar-refractivity contribution in [1.29, 1.82) is 0 Å². The molecule has 3 aromatic rings. The number of carbonyl (C=O) groups excluding carboxylic acids is 4. The first kappa shape index (κ1) is 31.8. The number of nitrogens with zero attached hydrogens (tertiary/aromatic N) is 2. The zero-order chi connectivity index (χ0) is 30.6. The van der Waals surface area contributed by atoms with Crippen molar-refractivity contribution in [2.24, 2.45) is 16.5 Å². The second kappa shape index (κ2) is 15.3. The Morgan fingerprint density at radius 2 is 1.60 bits per heavy atom. The third-order valence-electron chi connectivity index (χ3n) is 6.66. The van der Waals surface area contributed by atoms with Crippen molar-refractivity contribution in [1.82, 2.24) is 10.2 Å². The van der Waals surface area contributed by atoms with Crippen LogP contribution in [0.3, 0.4) is 0 Å². The highest BCUT2D eigenvalue weighted by molar-refractivity contribution is 6.31. The van der Waals surface area contributed by atoms with Gasteiger partial charge in [0.15, 0.2) is 11.7 Å². The molecule has 0 aromatic heterocycles. The lowest BCUT2D eigenvalue weighted by Crippen LogP contribution is -2.53. The van der Waals surface area contributed by atoms with Crippen molar-refractivity contribution in [2.45, 2.75) is 38.8 Å². The number of fused-ring (bicyclic) bond motifs is 1. The summed E-state index contributed by atoms with van der Waals surface area (Å²) in [6, 6.07) is 20.8. The maximum absolute atomic E-state index is 13.2. The molecule has 0 fully saturated rings. The first-order chi connectivity index (χ1) is 20.1. The van der Waals surface area contributed by atoms with E-state index in [0.29, 0.717) is 22.7 Å². The summed E-state index contributed by atoms with van der Waals surface area (Å²) in [6.45, 7) is 1.86. The topological polar surface area (TPSA) is 160 Å². The van der Waals surface area contributed by atoms with Gasteiger partial charge in [0.05, 0.1) is 6.54 Å². The number of amides is 3. The van der Waals surface area contributed by atoms with Crippen LogP contribution in [0, 0.1) is 6.92 Å². The summed E-state index contributed by atoms with van der Waals surface area (Å²) < 4.78 is 0. The van der Waals surface area contributed by atoms with E-state index in [1.807, 2.05) is 37.3 Å². The van der Waals surface area contributed by atoms with Gasteiger partial charge >= 0.3 is 0 Å². The third-order valence-corrected chi connectivity index (χ3v) is 7.08. The number of nitrogens with two attached hydrogens (primary N) is 2. The molecule has 1 heterocycles. The number of aryl methyl sites for hydroxylation is 1. The average Bonchev–Trinajstić information content (AvgIpc) is 3.00. The first-order valence-electron chi connectivity index (χ1n) is 13.3. The van der Waals surface area contributed by atoms with Crippen LogP contribution in [0.5, 0.6) is 0 Å². The quantitative estimate of drug-likeness (QED) is 0.179. The molecule has 0 radical (unpaired) electrons. The van der Waals surface area contributed by atoms with E-state index in [1.54, 1.807) is 42.5 Å². The summed E-state index contributed by atoms with van der Waals surface area (Å²) in [5, 5.41) is 6.00. The summed E-state index contributed by atoms with van der Waals surface area (Å²) in [5.74, 6) is -1.08. The van der Waals surface area contributed by atoms with E-state index < -0.39 is 17.9 Å². The highest BCUT2D eigenvalue weighted by atomic mass is 35.5. The van der Waals surface area contributed by atoms with E-state index in [-0.39, 0.29) is 43.6 Å². The van der Waals surface area contributed by atoms with Gasteiger partial charge in [0.25, 0.3) is 0 Å². The predicted molar refractivity (Wildman–Crippen MR) is 164 cm³/mol. The standard InChI is InChI=1S/C29H28ClN3O4.C2H7N3/c1-19-15-23(11-12-24(19)30)32-27(35)17-31-29(37)25-16-21-9-5-6-10-22(21)18-33(25)28(36)14-13-26(34)20-7-3-2-4-8-20;1-5-2(3)4/h2-12,15,25H,13-14,16-18H2,1H3,(H,31,37)(H,32,35);1H3,(H4,3,4,5). The van der Waals surface area contributed by atoms with Crippen LogP contribution in [-0.4, -0.2) is 54.0 Å². The molecular formula is C31H35ClN6O4. The fraction of sp³-hybridized carbons (Fsp3) is 0.258. The fourth-order valence-corrected chi connectivity index (χ4v) is 4.48. The number of halogens is 1. The number of carbonyl (C=O) groups is 4. The van der Waals surface area contributed by atoms with Crippen LogP contribution in [0.2, 0.25) is 5.02 Å². The van der Waals surface area contributed by atoms with Crippen LogP contribution in [0.25, 0.3) is 0 Å². The van der Waals surface area contributed by atoms with Crippen LogP contribution in [0.15, 0.2) is 77.8 Å². The van der Waals surface area contributed by atoms with Crippen LogP contribution >= 0.6 is 11.6 Å². The summed E-state index contributed by atoms with van der Waals surface area (Å²) >= 11 is 6.03. The number of guanidine groups is 1. The molecule has 11 heteroatoms.